The number of nitro groups is 1. The van der Waals surface area contributed by atoms with Gasteiger partial charge < -0.3 is 9.47 Å². The number of carbonyl (C=O) groups is 1. The molecule has 1 aliphatic rings. The smallest absolute Gasteiger partial charge is 0.270 e. The number of ether oxygens (including phenoxy) is 2. The van der Waals surface area contributed by atoms with Gasteiger partial charge in [-0.3, -0.25) is 19.8 Å². The maximum atomic E-state index is 13.3. The Balaban J connectivity index is 1.30. The van der Waals surface area contributed by atoms with Crippen molar-refractivity contribution in [2.45, 2.75) is 6.61 Å². The zero-order chi connectivity index (χ0) is 26.5. The van der Waals surface area contributed by atoms with Crippen LogP contribution in [0.5, 0.6) is 17.2 Å². The molecule has 0 spiro atoms. The summed E-state index contributed by atoms with van der Waals surface area (Å²) in [7, 11) is 0. The summed E-state index contributed by atoms with van der Waals surface area (Å²) in [6.45, 7) is 0.223. The minimum atomic E-state index is -0.441. The number of hydrogen-bond acceptors (Lipinski definition) is 7. The number of thiocarbonyl (C=S) groups is 1. The predicted octanol–water partition coefficient (Wildman–Crippen LogP) is 7.37. The Hall–Kier alpha value is -4.47. The van der Waals surface area contributed by atoms with Crippen LogP contribution in [0.25, 0.3) is 6.08 Å². The van der Waals surface area contributed by atoms with Crippen LogP contribution in [0.3, 0.4) is 0 Å². The van der Waals surface area contributed by atoms with E-state index in [0.717, 1.165) is 16.9 Å². The van der Waals surface area contributed by atoms with E-state index < -0.39 is 4.92 Å². The number of rotatable bonds is 8. The molecular formula is C29H20N2O5S2. The van der Waals surface area contributed by atoms with Crippen molar-refractivity contribution in [3.8, 4) is 17.2 Å². The fourth-order valence-corrected chi connectivity index (χ4v) is 5.02. The second kappa shape index (κ2) is 11.3. The molecule has 1 aliphatic heterocycles. The maximum Gasteiger partial charge on any atom is 0.270 e. The summed E-state index contributed by atoms with van der Waals surface area (Å²) in [6.07, 6.45) is 1.76. The molecule has 1 saturated heterocycles. The fraction of sp³-hybridized carbons (Fsp3) is 0.0345. The molecule has 188 valence electrons. The van der Waals surface area contributed by atoms with Crippen LogP contribution in [-0.4, -0.2) is 15.2 Å². The highest BCUT2D eigenvalue weighted by Crippen LogP contribution is 2.38. The highest BCUT2D eigenvalue weighted by molar-refractivity contribution is 8.27. The number of non-ortho nitro benzene ring substituents is 1. The summed E-state index contributed by atoms with van der Waals surface area (Å²) < 4.78 is 12.2. The lowest BCUT2D eigenvalue weighted by Gasteiger charge is -2.15. The summed E-state index contributed by atoms with van der Waals surface area (Å²) >= 11 is 6.75. The van der Waals surface area contributed by atoms with Gasteiger partial charge in [0.25, 0.3) is 11.6 Å². The molecule has 4 aromatic rings. The highest BCUT2D eigenvalue weighted by atomic mass is 32.2. The molecule has 38 heavy (non-hydrogen) atoms. The number of para-hydroxylation sites is 2. The molecule has 0 saturated carbocycles. The zero-order valence-corrected chi connectivity index (χ0v) is 21.5. The lowest BCUT2D eigenvalue weighted by atomic mass is 10.1. The molecular weight excluding hydrogens is 520 g/mol. The highest BCUT2D eigenvalue weighted by Gasteiger charge is 2.33. The monoisotopic (exact) mass is 540 g/mol. The first-order valence-electron chi connectivity index (χ1n) is 11.5. The third kappa shape index (κ3) is 5.74. The van der Waals surface area contributed by atoms with Crippen molar-refractivity contribution in [1.29, 1.82) is 0 Å². The maximum absolute atomic E-state index is 13.3. The number of nitrogens with zero attached hydrogens (tertiary/aromatic N) is 2. The summed E-state index contributed by atoms with van der Waals surface area (Å²) in [5, 5.41) is 10.9. The Kier molecular flexibility index (Phi) is 7.48. The number of anilines is 1. The minimum absolute atomic E-state index is 0.0227. The van der Waals surface area contributed by atoms with Gasteiger partial charge >= 0.3 is 0 Å². The van der Waals surface area contributed by atoms with Gasteiger partial charge in [-0.2, -0.15) is 0 Å². The van der Waals surface area contributed by atoms with Crippen LogP contribution in [0.1, 0.15) is 11.1 Å². The first kappa shape index (κ1) is 25.2. The fourth-order valence-electron chi connectivity index (χ4n) is 3.73. The van der Waals surface area contributed by atoms with Gasteiger partial charge in [-0.15, -0.1) is 0 Å². The number of hydrogen-bond donors (Lipinski definition) is 0. The van der Waals surface area contributed by atoms with Crippen LogP contribution in [0.2, 0.25) is 0 Å². The van der Waals surface area contributed by atoms with E-state index in [1.54, 1.807) is 42.5 Å². The average Bonchev–Trinajstić information content (AvgIpc) is 3.21. The third-order valence-corrected chi connectivity index (χ3v) is 6.92. The molecule has 1 amide bonds. The van der Waals surface area contributed by atoms with E-state index >= 15 is 0 Å². The van der Waals surface area contributed by atoms with E-state index in [9.17, 15) is 14.9 Å². The lowest BCUT2D eigenvalue weighted by molar-refractivity contribution is -0.384. The molecule has 0 radical (unpaired) electrons. The quantitative estimate of drug-likeness (QED) is 0.0998. The Morgan fingerprint density at radius 1 is 0.868 bits per heavy atom. The summed E-state index contributed by atoms with van der Waals surface area (Å²) in [6, 6.07) is 30.2. The number of thioether (sulfide) groups is 1. The lowest BCUT2D eigenvalue weighted by Crippen LogP contribution is -2.27. The average molecular weight is 541 g/mol. The topological polar surface area (TPSA) is 81.9 Å². The van der Waals surface area contributed by atoms with Crippen molar-refractivity contribution >= 4 is 51.7 Å². The molecule has 0 bridgehead atoms. The van der Waals surface area contributed by atoms with Gasteiger partial charge in [-0.05, 0) is 66.2 Å². The molecule has 0 aromatic heterocycles. The molecule has 9 heteroatoms. The Morgan fingerprint density at radius 3 is 2.24 bits per heavy atom. The van der Waals surface area contributed by atoms with Crippen molar-refractivity contribution in [2.75, 3.05) is 4.90 Å². The SMILES string of the molecule is O=C1C(=Cc2ccccc2OCc2ccc([N+](=O)[O-])cc2)SC(=S)N1c1ccc(Oc2ccccc2)cc1. The molecule has 0 N–H and O–H groups in total. The van der Waals surface area contributed by atoms with Crippen molar-refractivity contribution in [3.63, 3.8) is 0 Å². The normalized spacial score (nSPS) is 14.1. The zero-order valence-electron chi connectivity index (χ0n) is 19.9. The molecule has 0 atom stereocenters. The second-order valence-corrected chi connectivity index (χ2v) is 9.85. The molecule has 5 rings (SSSR count). The Morgan fingerprint density at radius 2 is 1.53 bits per heavy atom. The summed E-state index contributed by atoms with van der Waals surface area (Å²) in [4.78, 5) is 25.7. The van der Waals surface area contributed by atoms with Gasteiger partial charge in [-0.1, -0.05) is 60.4 Å². The first-order valence-corrected chi connectivity index (χ1v) is 12.8. The number of amides is 1. The van der Waals surface area contributed by atoms with Gasteiger partial charge in [-0.25, -0.2) is 0 Å². The summed E-state index contributed by atoms with van der Waals surface area (Å²) in [5.41, 5.74) is 2.19. The number of nitro benzene ring substituents is 1. The van der Waals surface area contributed by atoms with Crippen LogP contribution in [0.4, 0.5) is 11.4 Å². The van der Waals surface area contributed by atoms with Gasteiger partial charge in [0.1, 0.15) is 23.9 Å². The second-order valence-electron chi connectivity index (χ2n) is 8.18. The van der Waals surface area contributed by atoms with Crippen molar-refractivity contribution < 1.29 is 19.2 Å². The van der Waals surface area contributed by atoms with Crippen molar-refractivity contribution in [3.05, 3.63) is 129 Å². The molecule has 1 heterocycles. The van der Waals surface area contributed by atoms with E-state index in [1.165, 1.54) is 28.8 Å². The van der Waals surface area contributed by atoms with Gasteiger partial charge in [0, 0.05) is 17.7 Å². The summed E-state index contributed by atoms with van der Waals surface area (Å²) in [5.74, 6) is 1.74. The van der Waals surface area contributed by atoms with Crippen molar-refractivity contribution in [1.82, 2.24) is 0 Å². The van der Waals surface area contributed by atoms with Crippen LogP contribution >= 0.6 is 24.0 Å². The minimum Gasteiger partial charge on any atom is -0.488 e. The Bertz CT molecular complexity index is 1520. The molecule has 0 unspecified atom stereocenters. The van der Waals surface area contributed by atoms with Gasteiger partial charge in [0.15, 0.2) is 4.32 Å². The molecule has 1 fully saturated rings. The van der Waals surface area contributed by atoms with Crippen LogP contribution in [0, 0.1) is 10.1 Å². The van der Waals surface area contributed by atoms with E-state index in [1.807, 2.05) is 54.6 Å². The largest absolute Gasteiger partial charge is 0.488 e. The molecule has 7 nitrogen and oxygen atoms in total. The van der Waals surface area contributed by atoms with Gasteiger partial charge in [0.05, 0.1) is 15.5 Å². The number of benzene rings is 4. The van der Waals surface area contributed by atoms with Crippen LogP contribution in [-0.2, 0) is 11.4 Å². The molecule has 4 aromatic carbocycles. The van der Waals surface area contributed by atoms with E-state index in [-0.39, 0.29) is 18.2 Å². The number of carbonyl (C=O) groups excluding carboxylic acids is 1. The van der Waals surface area contributed by atoms with Crippen LogP contribution in [0.15, 0.2) is 108 Å². The predicted molar refractivity (Wildman–Crippen MR) is 152 cm³/mol. The van der Waals surface area contributed by atoms with E-state index in [0.29, 0.717) is 26.4 Å². The van der Waals surface area contributed by atoms with Crippen molar-refractivity contribution in [2.24, 2.45) is 0 Å². The molecule has 0 aliphatic carbocycles. The van der Waals surface area contributed by atoms with E-state index in [2.05, 4.69) is 0 Å². The van der Waals surface area contributed by atoms with E-state index in [4.69, 9.17) is 21.7 Å². The Labute approximate surface area is 228 Å². The van der Waals surface area contributed by atoms with Gasteiger partial charge in [0.2, 0.25) is 0 Å². The third-order valence-electron chi connectivity index (χ3n) is 5.61. The standard InChI is InChI=1S/C29H20N2O5S2/c32-28-27(18-21-6-4-5-9-26(21)35-19-20-10-12-23(13-11-20)31(33)34)38-29(37)30(28)22-14-16-25(17-15-22)36-24-7-2-1-3-8-24/h1-18H,19H2. The van der Waals surface area contributed by atoms with Crippen LogP contribution < -0.4 is 14.4 Å². The first-order chi connectivity index (χ1) is 18.5.